The number of aromatic nitrogens is 1. The second-order valence-electron chi connectivity index (χ2n) is 3.57. The molecule has 0 radical (unpaired) electrons. The van der Waals surface area contributed by atoms with Gasteiger partial charge in [-0.15, -0.1) is 0 Å². The zero-order valence-electron chi connectivity index (χ0n) is 8.81. The third-order valence-electron chi connectivity index (χ3n) is 2.38. The number of furan rings is 1. The first-order chi connectivity index (χ1) is 8.65. The van der Waals surface area contributed by atoms with Crippen molar-refractivity contribution in [3.05, 3.63) is 51.0 Å². The van der Waals surface area contributed by atoms with E-state index in [-0.39, 0.29) is 11.3 Å². The molecule has 0 unspecified atom stereocenters. The molecule has 0 N–H and O–H groups in total. The van der Waals surface area contributed by atoms with Crippen LogP contribution in [0, 0.1) is 0 Å². The Kier molecular flexibility index (Phi) is 2.61. The molecule has 3 aromatic rings. The molecule has 1 aromatic carbocycles. The van der Waals surface area contributed by atoms with Crippen LogP contribution in [0.4, 0.5) is 0 Å². The maximum absolute atomic E-state index is 11.8. The molecule has 0 saturated carbocycles. The largest absolute Gasteiger partial charge is 0.459 e. The van der Waals surface area contributed by atoms with Crippen LogP contribution in [0.25, 0.3) is 22.6 Å². The van der Waals surface area contributed by atoms with Crippen molar-refractivity contribution in [2.45, 2.75) is 0 Å². The number of halogens is 2. The third-order valence-corrected chi connectivity index (χ3v) is 2.89. The molecule has 0 aliphatic rings. The van der Waals surface area contributed by atoms with Crippen molar-refractivity contribution < 1.29 is 8.83 Å². The molecule has 2 aromatic heterocycles. The van der Waals surface area contributed by atoms with Gasteiger partial charge in [-0.05, 0) is 24.3 Å². The first kappa shape index (κ1) is 11.3. The maximum Gasteiger partial charge on any atom is 0.347 e. The van der Waals surface area contributed by atoms with E-state index < -0.39 is 5.63 Å². The summed E-state index contributed by atoms with van der Waals surface area (Å²) in [6.07, 6.45) is 1.46. The SMILES string of the molecule is O=c1oc(-c2ccco2)nc2c(Cl)cc(Cl)cc12. The van der Waals surface area contributed by atoms with Crippen LogP contribution in [-0.4, -0.2) is 4.98 Å². The summed E-state index contributed by atoms with van der Waals surface area (Å²) in [4.78, 5) is 16.0. The van der Waals surface area contributed by atoms with Crippen molar-refractivity contribution in [1.82, 2.24) is 4.98 Å². The zero-order valence-corrected chi connectivity index (χ0v) is 10.3. The summed E-state index contributed by atoms with van der Waals surface area (Å²) in [7, 11) is 0. The molecule has 0 bridgehead atoms. The van der Waals surface area contributed by atoms with Crippen LogP contribution in [-0.2, 0) is 0 Å². The lowest BCUT2D eigenvalue weighted by Gasteiger charge is -2.01. The van der Waals surface area contributed by atoms with Gasteiger partial charge in [0, 0.05) is 5.02 Å². The lowest BCUT2D eigenvalue weighted by Crippen LogP contribution is -2.03. The van der Waals surface area contributed by atoms with Crippen molar-refractivity contribution in [2.24, 2.45) is 0 Å². The van der Waals surface area contributed by atoms with Gasteiger partial charge in [-0.3, -0.25) is 0 Å². The van der Waals surface area contributed by atoms with Crippen LogP contribution >= 0.6 is 23.2 Å². The van der Waals surface area contributed by atoms with E-state index in [0.29, 0.717) is 21.3 Å². The molecular weight excluding hydrogens is 277 g/mol. The van der Waals surface area contributed by atoms with E-state index >= 15 is 0 Å². The minimum atomic E-state index is -0.559. The maximum atomic E-state index is 11.8. The van der Waals surface area contributed by atoms with E-state index in [4.69, 9.17) is 32.0 Å². The normalized spacial score (nSPS) is 11.0. The average Bonchev–Trinajstić information content (AvgIpc) is 2.83. The molecule has 3 rings (SSSR count). The highest BCUT2D eigenvalue weighted by atomic mass is 35.5. The molecule has 0 amide bonds. The predicted molar refractivity (Wildman–Crippen MR) is 68.0 cm³/mol. The minimum Gasteiger partial charge on any atom is -0.459 e. The third kappa shape index (κ3) is 1.79. The summed E-state index contributed by atoms with van der Waals surface area (Å²) >= 11 is 11.8. The van der Waals surface area contributed by atoms with Crippen LogP contribution in [0.1, 0.15) is 0 Å². The summed E-state index contributed by atoms with van der Waals surface area (Å²) < 4.78 is 10.2. The molecule has 2 heterocycles. The molecular formula is C12H5Cl2NO3. The first-order valence-corrected chi connectivity index (χ1v) is 5.74. The number of benzene rings is 1. The van der Waals surface area contributed by atoms with E-state index in [1.807, 2.05) is 0 Å². The second kappa shape index (κ2) is 4.15. The second-order valence-corrected chi connectivity index (χ2v) is 4.41. The Morgan fingerprint density at radius 2 is 2.06 bits per heavy atom. The molecule has 0 aliphatic heterocycles. The molecule has 4 nitrogen and oxygen atoms in total. The van der Waals surface area contributed by atoms with Gasteiger partial charge in [0.25, 0.3) is 5.89 Å². The number of hydrogen-bond acceptors (Lipinski definition) is 4. The summed E-state index contributed by atoms with van der Waals surface area (Å²) in [5.41, 5.74) is -0.223. The lowest BCUT2D eigenvalue weighted by atomic mass is 10.2. The number of fused-ring (bicyclic) bond motifs is 1. The zero-order chi connectivity index (χ0) is 12.7. The van der Waals surface area contributed by atoms with E-state index in [0.717, 1.165) is 0 Å². The standard InChI is InChI=1S/C12H5Cl2NO3/c13-6-4-7-10(8(14)5-6)15-11(18-12(7)16)9-2-1-3-17-9/h1-5H. The Morgan fingerprint density at radius 3 is 2.78 bits per heavy atom. The van der Waals surface area contributed by atoms with Crippen molar-refractivity contribution >= 4 is 34.1 Å². The molecule has 6 heteroatoms. The van der Waals surface area contributed by atoms with E-state index in [1.165, 1.54) is 18.4 Å². The molecule has 18 heavy (non-hydrogen) atoms. The lowest BCUT2D eigenvalue weighted by molar-refractivity contribution is 0.482. The van der Waals surface area contributed by atoms with Crippen molar-refractivity contribution in [3.8, 4) is 11.7 Å². The van der Waals surface area contributed by atoms with Crippen LogP contribution in [0.15, 0.2) is 44.2 Å². The Morgan fingerprint density at radius 1 is 1.22 bits per heavy atom. The van der Waals surface area contributed by atoms with Gasteiger partial charge in [0.1, 0.15) is 5.52 Å². The van der Waals surface area contributed by atoms with Gasteiger partial charge in [-0.25, -0.2) is 9.78 Å². The Hall–Kier alpha value is -1.78. The molecule has 0 spiro atoms. The average molecular weight is 282 g/mol. The number of hydrogen-bond donors (Lipinski definition) is 0. The molecule has 0 fully saturated rings. The summed E-state index contributed by atoms with van der Waals surface area (Å²) in [6.45, 7) is 0. The summed E-state index contributed by atoms with van der Waals surface area (Å²) in [6, 6.07) is 6.29. The fraction of sp³-hybridized carbons (Fsp3) is 0. The molecule has 90 valence electrons. The van der Waals surface area contributed by atoms with Gasteiger partial charge in [0.2, 0.25) is 0 Å². The monoisotopic (exact) mass is 281 g/mol. The van der Waals surface area contributed by atoms with Gasteiger partial charge in [-0.2, -0.15) is 0 Å². The predicted octanol–water partition coefficient (Wildman–Crippen LogP) is 3.75. The molecule has 0 saturated heterocycles. The van der Waals surface area contributed by atoms with Gasteiger partial charge in [0.15, 0.2) is 5.76 Å². The smallest absolute Gasteiger partial charge is 0.347 e. The van der Waals surface area contributed by atoms with Crippen molar-refractivity contribution in [2.75, 3.05) is 0 Å². The number of rotatable bonds is 1. The quantitative estimate of drug-likeness (QED) is 0.682. The fourth-order valence-corrected chi connectivity index (χ4v) is 2.14. The molecule has 0 atom stereocenters. The van der Waals surface area contributed by atoms with Crippen molar-refractivity contribution in [1.29, 1.82) is 0 Å². The van der Waals surface area contributed by atoms with Gasteiger partial charge >= 0.3 is 5.63 Å². The topological polar surface area (TPSA) is 56.2 Å². The summed E-state index contributed by atoms with van der Waals surface area (Å²) in [5.74, 6) is 0.446. The van der Waals surface area contributed by atoms with E-state index in [1.54, 1.807) is 12.1 Å². The van der Waals surface area contributed by atoms with Crippen LogP contribution in [0.5, 0.6) is 0 Å². The van der Waals surface area contributed by atoms with Gasteiger partial charge in [0.05, 0.1) is 16.7 Å². The molecule has 0 aliphatic carbocycles. The Bertz CT molecular complexity index is 778. The van der Waals surface area contributed by atoms with Crippen LogP contribution in [0.3, 0.4) is 0 Å². The highest BCUT2D eigenvalue weighted by Gasteiger charge is 2.13. The highest BCUT2D eigenvalue weighted by molar-refractivity contribution is 6.38. The highest BCUT2D eigenvalue weighted by Crippen LogP contribution is 2.26. The van der Waals surface area contributed by atoms with Crippen LogP contribution < -0.4 is 5.63 Å². The number of nitrogens with zero attached hydrogens (tertiary/aromatic N) is 1. The van der Waals surface area contributed by atoms with Gasteiger partial charge < -0.3 is 8.83 Å². The fourth-order valence-electron chi connectivity index (χ4n) is 1.61. The first-order valence-electron chi connectivity index (χ1n) is 4.99. The Labute approximate surface area is 111 Å². The summed E-state index contributed by atoms with van der Waals surface area (Å²) in [5, 5.41) is 0.883. The van der Waals surface area contributed by atoms with Crippen molar-refractivity contribution in [3.63, 3.8) is 0 Å². The Balaban J connectivity index is 2.38. The minimum absolute atomic E-state index is 0.0849. The van der Waals surface area contributed by atoms with Gasteiger partial charge in [-0.1, -0.05) is 23.2 Å². The van der Waals surface area contributed by atoms with Crippen LogP contribution in [0.2, 0.25) is 10.0 Å². The van der Waals surface area contributed by atoms with E-state index in [2.05, 4.69) is 4.98 Å². The van der Waals surface area contributed by atoms with E-state index in [9.17, 15) is 4.79 Å².